The summed E-state index contributed by atoms with van der Waals surface area (Å²) in [6, 6.07) is 8.28. The molecule has 0 saturated carbocycles. The molecule has 0 atom stereocenters. The first-order chi connectivity index (χ1) is 11.4. The number of rotatable bonds is 3. The highest BCUT2D eigenvalue weighted by Crippen LogP contribution is 2.22. The van der Waals surface area contributed by atoms with Gasteiger partial charge in [-0.05, 0) is 50.2 Å². The average Bonchev–Trinajstić information content (AvgIpc) is 3.02. The van der Waals surface area contributed by atoms with Gasteiger partial charge in [-0.25, -0.2) is 4.39 Å². The van der Waals surface area contributed by atoms with E-state index in [9.17, 15) is 18.8 Å². The molecule has 1 aromatic heterocycles. The monoisotopic (exact) mass is 333 g/mol. The van der Waals surface area contributed by atoms with Crippen LogP contribution in [0.25, 0.3) is 11.3 Å². The fraction of sp³-hybridized carbons (Fsp3) is 0.188. The highest BCUT2D eigenvalue weighted by atomic mass is 19.1. The van der Waals surface area contributed by atoms with Crippen LogP contribution in [0.4, 0.5) is 4.39 Å². The number of hydrazine groups is 1. The van der Waals surface area contributed by atoms with Crippen molar-refractivity contribution in [1.29, 1.82) is 0 Å². The first-order valence-corrected chi connectivity index (χ1v) is 7.14. The first kappa shape index (κ1) is 17.2. The Morgan fingerprint density at radius 2 is 1.62 bits per heavy atom. The third kappa shape index (κ3) is 4.42. The number of nitrogens with one attached hydrogen (secondary N) is 3. The standard InChI is InChI=1S/C16H16FN3O4/c1-9(2)18-15(22)16(23)20-19-14(21)13-8-7-12(24-13)10-3-5-11(17)6-4-10/h3-9H,1-2H3,(H,18,22)(H,19,21)(H,20,23). The van der Waals surface area contributed by atoms with Gasteiger partial charge in [0.15, 0.2) is 5.76 Å². The summed E-state index contributed by atoms with van der Waals surface area (Å²) in [5.41, 5.74) is 4.65. The second-order valence-electron chi connectivity index (χ2n) is 5.21. The van der Waals surface area contributed by atoms with E-state index in [1.54, 1.807) is 13.8 Å². The van der Waals surface area contributed by atoms with Crippen LogP contribution in [-0.4, -0.2) is 23.8 Å². The predicted octanol–water partition coefficient (Wildman–Crippen LogP) is 1.37. The minimum atomic E-state index is -0.998. The predicted molar refractivity (Wildman–Crippen MR) is 83.0 cm³/mol. The Hall–Kier alpha value is -3.16. The Kier molecular flexibility index (Phi) is 5.31. The zero-order chi connectivity index (χ0) is 17.7. The number of carbonyl (C=O) groups excluding carboxylic acids is 3. The first-order valence-electron chi connectivity index (χ1n) is 7.14. The summed E-state index contributed by atoms with van der Waals surface area (Å²) in [6.45, 7) is 3.40. The summed E-state index contributed by atoms with van der Waals surface area (Å²) < 4.78 is 18.2. The number of furan rings is 1. The van der Waals surface area contributed by atoms with Gasteiger partial charge < -0.3 is 9.73 Å². The lowest BCUT2D eigenvalue weighted by molar-refractivity contribution is -0.139. The summed E-state index contributed by atoms with van der Waals surface area (Å²) >= 11 is 0. The van der Waals surface area contributed by atoms with Crippen LogP contribution in [0.2, 0.25) is 0 Å². The van der Waals surface area contributed by atoms with Gasteiger partial charge >= 0.3 is 17.7 Å². The summed E-state index contributed by atoms with van der Waals surface area (Å²) in [6.07, 6.45) is 0. The fourth-order valence-electron chi connectivity index (χ4n) is 1.79. The molecule has 0 spiro atoms. The molecule has 24 heavy (non-hydrogen) atoms. The normalized spacial score (nSPS) is 10.3. The summed E-state index contributed by atoms with van der Waals surface area (Å²) in [7, 11) is 0. The quantitative estimate of drug-likeness (QED) is 0.583. The molecule has 0 bridgehead atoms. The van der Waals surface area contributed by atoms with Gasteiger partial charge in [0.25, 0.3) is 0 Å². The third-order valence-corrected chi connectivity index (χ3v) is 2.87. The number of carbonyl (C=O) groups is 3. The van der Waals surface area contributed by atoms with Crippen molar-refractivity contribution in [3.8, 4) is 11.3 Å². The Morgan fingerprint density at radius 3 is 2.25 bits per heavy atom. The van der Waals surface area contributed by atoms with Crippen LogP contribution in [0.1, 0.15) is 24.4 Å². The van der Waals surface area contributed by atoms with Gasteiger partial charge in [0.1, 0.15) is 11.6 Å². The molecule has 1 heterocycles. The molecule has 0 fully saturated rings. The number of hydrogen-bond donors (Lipinski definition) is 3. The van der Waals surface area contributed by atoms with Crippen molar-refractivity contribution in [2.45, 2.75) is 19.9 Å². The van der Waals surface area contributed by atoms with E-state index in [1.807, 2.05) is 5.43 Å². The number of halogens is 1. The number of amides is 3. The van der Waals surface area contributed by atoms with Crippen molar-refractivity contribution in [2.24, 2.45) is 0 Å². The van der Waals surface area contributed by atoms with Crippen LogP contribution >= 0.6 is 0 Å². The summed E-state index contributed by atoms with van der Waals surface area (Å²) in [5, 5.41) is 2.38. The lowest BCUT2D eigenvalue weighted by Gasteiger charge is -2.08. The van der Waals surface area contributed by atoms with Gasteiger partial charge in [0, 0.05) is 11.6 Å². The molecule has 126 valence electrons. The van der Waals surface area contributed by atoms with Crippen molar-refractivity contribution in [3.05, 3.63) is 48.0 Å². The molecule has 0 saturated heterocycles. The molecule has 3 amide bonds. The molecule has 7 nitrogen and oxygen atoms in total. The Labute approximate surface area is 137 Å². The van der Waals surface area contributed by atoms with E-state index in [2.05, 4.69) is 10.7 Å². The van der Waals surface area contributed by atoms with Gasteiger partial charge in [-0.2, -0.15) is 0 Å². The average molecular weight is 333 g/mol. The summed E-state index contributed by atoms with van der Waals surface area (Å²) in [5.74, 6) is -2.68. The molecule has 0 unspecified atom stereocenters. The molecule has 3 N–H and O–H groups in total. The molecule has 2 rings (SSSR count). The largest absolute Gasteiger partial charge is 0.451 e. The van der Waals surface area contributed by atoms with E-state index in [4.69, 9.17) is 4.42 Å². The molecular formula is C16H16FN3O4. The lowest BCUT2D eigenvalue weighted by atomic mass is 10.2. The zero-order valence-electron chi connectivity index (χ0n) is 13.1. The van der Waals surface area contributed by atoms with Gasteiger partial charge in [-0.3, -0.25) is 25.2 Å². The van der Waals surface area contributed by atoms with E-state index in [1.165, 1.54) is 36.4 Å². The highest BCUT2D eigenvalue weighted by Gasteiger charge is 2.17. The van der Waals surface area contributed by atoms with Crippen molar-refractivity contribution in [2.75, 3.05) is 0 Å². The van der Waals surface area contributed by atoms with E-state index >= 15 is 0 Å². The lowest BCUT2D eigenvalue weighted by Crippen LogP contribution is -2.49. The van der Waals surface area contributed by atoms with Crippen molar-refractivity contribution in [1.82, 2.24) is 16.2 Å². The summed E-state index contributed by atoms with van der Waals surface area (Å²) in [4.78, 5) is 34.7. The van der Waals surface area contributed by atoms with E-state index in [-0.39, 0.29) is 17.6 Å². The molecule has 8 heteroatoms. The van der Waals surface area contributed by atoms with Crippen LogP contribution in [0.3, 0.4) is 0 Å². The van der Waals surface area contributed by atoms with Crippen LogP contribution in [0.5, 0.6) is 0 Å². The van der Waals surface area contributed by atoms with Gasteiger partial charge in [0.05, 0.1) is 0 Å². The molecule has 2 aromatic rings. The van der Waals surface area contributed by atoms with Crippen molar-refractivity contribution >= 4 is 17.7 Å². The molecule has 0 aliphatic heterocycles. The Balaban J connectivity index is 1.95. The van der Waals surface area contributed by atoms with Crippen LogP contribution in [0, 0.1) is 5.82 Å². The Morgan fingerprint density at radius 1 is 0.958 bits per heavy atom. The van der Waals surface area contributed by atoms with Gasteiger partial charge in [0.2, 0.25) is 0 Å². The molecule has 0 aliphatic carbocycles. The topological polar surface area (TPSA) is 100 Å². The maximum Gasteiger partial charge on any atom is 0.327 e. The zero-order valence-corrected chi connectivity index (χ0v) is 13.1. The van der Waals surface area contributed by atoms with Crippen LogP contribution in [-0.2, 0) is 9.59 Å². The maximum atomic E-state index is 12.9. The third-order valence-electron chi connectivity index (χ3n) is 2.87. The fourth-order valence-corrected chi connectivity index (χ4v) is 1.79. The van der Waals surface area contributed by atoms with E-state index in [0.717, 1.165) is 0 Å². The number of hydrogen-bond acceptors (Lipinski definition) is 4. The SMILES string of the molecule is CC(C)NC(=O)C(=O)NNC(=O)c1ccc(-c2ccc(F)cc2)o1. The second kappa shape index (κ2) is 7.40. The second-order valence-corrected chi connectivity index (χ2v) is 5.21. The van der Waals surface area contributed by atoms with E-state index in [0.29, 0.717) is 11.3 Å². The van der Waals surface area contributed by atoms with Gasteiger partial charge in [-0.1, -0.05) is 0 Å². The van der Waals surface area contributed by atoms with E-state index < -0.39 is 17.7 Å². The molecule has 0 radical (unpaired) electrons. The number of benzene rings is 1. The Bertz CT molecular complexity index is 753. The van der Waals surface area contributed by atoms with Gasteiger partial charge in [-0.15, -0.1) is 0 Å². The molecular weight excluding hydrogens is 317 g/mol. The van der Waals surface area contributed by atoms with Crippen molar-refractivity contribution in [3.63, 3.8) is 0 Å². The smallest absolute Gasteiger partial charge is 0.327 e. The van der Waals surface area contributed by atoms with Crippen molar-refractivity contribution < 1.29 is 23.2 Å². The minimum Gasteiger partial charge on any atom is -0.451 e. The minimum absolute atomic E-state index is 0.0705. The van der Waals surface area contributed by atoms with Crippen LogP contribution < -0.4 is 16.2 Å². The molecule has 1 aromatic carbocycles. The highest BCUT2D eigenvalue weighted by molar-refractivity contribution is 6.35. The maximum absolute atomic E-state index is 12.9. The van der Waals surface area contributed by atoms with Crippen LogP contribution in [0.15, 0.2) is 40.8 Å². The molecule has 0 aliphatic rings.